The van der Waals surface area contributed by atoms with E-state index in [1.54, 1.807) is 24.3 Å². The average molecular weight is 293 g/mol. The van der Waals surface area contributed by atoms with Gasteiger partial charge in [0.25, 0.3) is 0 Å². The van der Waals surface area contributed by atoms with Crippen molar-refractivity contribution in [1.82, 2.24) is 5.32 Å². The fourth-order valence-corrected chi connectivity index (χ4v) is 2.16. The summed E-state index contributed by atoms with van der Waals surface area (Å²) in [5.74, 6) is -0.517. The van der Waals surface area contributed by atoms with Gasteiger partial charge < -0.3 is 15.2 Å². The van der Waals surface area contributed by atoms with Crippen molar-refractivity contribution in [2.24, 2.45) is 0 Å². The van der Waals surface area contributed by atoms with E-state index >= 15 is 0 Å². The molecule has 118 valence electrons. The second-order valence-electron chi connectivity index (χ2n) is 5.17. The summed E-state index contributed by atoms with van der Waals surface area (Å²) < 4.78 is 5.51. The van der Waals surface area contributed by atoms with Gasteiger partial charge in [0.05, 0.1) is 0 Å². The van der Waals surface area contributed by atoms with Gasteiger partial charge in [-0.3, -0.25) is 0 Å². The van der Waals surface area contributed by atoms with E-state index < -0.39 is 5.97 Å². The highest BCUT2D eigenvalue weighted by atomic mass is 16.5. The molecule has 0 aromatic heterocycles. The molecule has 4 heteroatoms. The van der Waals surface area contributed by atoms with Gasteiger partial charge in [-0.05, 0) is 25.1 Å². The van der Waals surface area contributed by atoms with Crippen molar-refractivity contribution in [2.45, 2.75) is 45.4 Å². The number of nitrogens with one attached hydrogen (secondary N) is 1. The molecule has 0 atom stereocenters. The van der Waals surface area contributed by atoms with Crippen LogP contribution in [-0.4, -0.2) is 30.8 Å². The largest absolute Gasteiger partial charge is 0.491 e. The Balaban J connectivity index is 2.06. The number of ether oxygens (including phenoxy) is 1. The molecule has 0 amide bonds. The first kappa shape index (κ1) is 17.5. The van der Waals surface area contributed by atoms with E-state index in [2.05, 4.69) is 12.2 Å². The van der Waals surface area contributed by atoms with E-state index in [1.807, 2.05) is 0 Å². The smallest absolute Gasteiger partial charge is 0.339 e. The fraction of sp³-hybridized carbons (Fsp3) is 0.588. The number of carbonyl (C=O) groups is 1. The van der Waals surface area contributed by atoms with E-state index in [4.69, 9.17) is 9.84 Å². The third-order valence-corrected chi connectivity index (χ3v) is 3.36. The summed E-state index contributed by atoms with van der Waals surface area (Å²) in [7, 11) is 0. The van der Waals surface area contributed by atoms with Crippen LogP contribution in [0.15, 0.2) is 24.3 Å². The van der Waals surface area contributed by atoms with Gasteiger partial charge in [-0.15, -0.1) is 0 Å². The van der Waals surface area contributed by atoms with Gasteiger partial charge in [-0.25, -0.2) is 4.79 Å². The Bertz CT molecular complexity index is 407. The molecule has 0 aliphatic heterocycles. The zero-order chi connectivity index (χ0) is 15.3. The second-order valence-corrected chi connectivity index (χ2v) is 5.17. The Morgan fingerprint density at radius 3 is 2.57 bits per heavy atom. The van der Waals surface area contributed by atoms with E-state index in [9.17, 15) is 4.79 Å². The first-order valence-corrected chi connectivity index (χ1v) is 7.91. The molecule has 1 rings (SSSR count). The second kappa shape index (κ2) is 11.1. The van der Waals surface area contributed by atoms with Crippen LogP contribution in [0.3, 0.4) is 0 Å². The van der Waals surface area contributed by atoms with Crippen LogP contribution in [0, 0.1) is 0 Å². The van der Waals surface area contributed by atoms with E-state index in [-0.39, 0.29) is 5.56 Å². The summed E-state index contributed by atoms with van der Waals surface area (Å²) >= 11 is 0. The Labute approximate surface area is 127 Å². The van der Waals surface area contributed by atoms with E-state index in [1.165, 1.54) is 38.5 Å². The Morgan fingerprint density at radius 1 is 1.10 bits per heavy atom. The highest BCUT2D eigenvalue weighted by Crippen LogP contribution is 2.17. The molecule has 0 bridgehead atoms. The third-order valence-electron chi connectivity index (χ3n) is 3.36. The third kappa shape index (κ3) is 7.71. The SMILES string of the molecule is CCCCCCCCNCCOc1ccccc1C(=O)O. The lowest BCUT2D eigenvalue weighted by molar-refractivity contribution is 0.0692. The molecule has 0 aliphatic rings. The molecule has 4 nitrogen and oxygen atoms in total. The maximum Gasteiger partial charge on any atom is 0.339 e. The van der Waals surface area contributed by atoms with Crippen LogP contribution in [0.2, 0.25) is 0 Å². The monoisotopic (exact) mass is 293 g/mol. The molecule has 0 spiro atoms. The molecule has 0 heterocycles. The van der Waals surface area contributed by atoms with Crippen molar-refractivity contribution >= 4 is 5.97 Å². The molecular formula is C17H27NO3. The Kier molecular flexibility index (Phi) is 9.29. The van der Waals surface area contributed by atoms with Crippen LogP contribution in [-0.2, 0) is 0 Å². The zero-order valence-electron chi connectivity index (χ0n) is 12.9. The van der Waals surface area contributed by atoms with Crippen molar-refractivity contribution in [1.29, 1.82) is 0 Å². The zero-order valence-corrected chi connectivity index (χ0v) is 12.9. The van der Waals surface area contributed by atoms with Crippen molar-refractivity contribution in [3.63, 3.8) is 0 Å². The number of aromatic carboxylic acids is 1. The topological polar surface area (TPSA) is 58.6 Å². The van der Waals surface area contributed by atoms with E-state index in [0.29, 0.717) is 12.4 Å². The lowest BCUT2D eigenvalue weighted by Gasteiger charge is -2.09. The number of para-hydroxylation sites is 1. The highest BCUT2D eigenvalue weighted by molar-refractivity contribution is 5.90. The molecule has 21 heavy (non-hydrogen) atoms. The lowest BCUT2D eigenvalue weighted by Crippen LogP contribution is -2.22. The molecular weight excluding hydrogens is 266 g/mol. The molecule has 1 aromatic carbocycles. The van der Waals surface area contributed by atoms with Crippen molar-refractivity contribution in [3.05, 3.63) is 29.8 Å². The maximum absolute atomic E-state index is 11.0. The number of rotatable bonds is 12. The van der Waals surface area contributed by atoms with Gasteiger partial charge in [0.15, 0.2) is 0 Å². The first-order valence-electron chi connectivity index (χ1n) is 7.91. The van der Waals surface area contributed by atoms with Gasteiger partial charge in [0.2, 0.25) is 0 Å². The summed E-state index contributed by atoms with van der Waals surface area (Å²) in [6.07, 6.45) is 7.74. The molecule has 0 fully saturated rings. The minimum atomic E-state index is -0.953. The molecule has 0 unspecified atom stereocenters. The number of carboxylic acid groups (broad SMARTS) is 1. The number of benzene rings is 1. The highest BCUT2D eigenvalue weighted by Gasteiger charge is 2.09. The van der Waals surface area contributed by atoms with Crippen LogP contribution < -0.4 is 10.1 Å². The van der Waals surface area contributed by atoms with Crippen molar-refractivity contribution in [3.8, 4) is 5.75 Å². The number of hydrogen-bond donors (Lipinski definition) is 2. The predicted molar refractivity (Wildman–Crippen MR) is 85.1 cm³/mol. The summed E-state index contributed by atoms with van der Waals surface area (Å²) in [5, 5.41) is 12.4. The van der Waals surface area contributed by atoms with Crippen LogP contribution in [0.5, 0.6) is 5.75 Å². The summed E-state index contributed by atoms with van der Waals surface area (Å²) in [6.45, 7) is 4.45. The minimum absolute atomic E-state index is 0.216. The normalized spacial score (nSPS) is 10.5. The summed E-state index contributed by atoms with van der Waals surface area (Å²) in [6, 6.07) is 6.73. The predicted octanol–water partition coefficient (Wildman–Crippen LogP) is 3.71. The van der Waals surface area contributed by atoms with Crippen LogP contribution in [0.4, 0.5) is 0 Å². The van der Waals surface area contributed by atoms with Gasteiger partial charge >= 0.3 is 5.97 Å². The number of unbranched alkanes of at least 4 members (excludes halogenated alkanes) is 5. The van der Waals surface area contributed by atoms with Crippen molar-refractivity contribution in [2.75, 3.05) is 19.7 Å². The fourth-order valence-electron chi connectivity index (χ4n) is 2.16. The number of carboxylic acids is 1. The van der Waals surface area contributed by atoms with Crippen LogP contribution >= 0.6 is 0 Å². The molecule has 0 saturated heterocycles. The first-order chi connectivity index (χ1) is 10.3. The number of hydrogen-bond acceptors (Lipinski definition) is 3. The Morgan fingerprint density at radius 2 is 1.81 bits per heavy atom. The minimum Gasteiger partial charge on any atom is -0.491 e. The molecule has 0 radical (unpaired) electrons. The van der Waals surface area contributed by atoms with Crippen molar-refractivity contribution < 1.29 is 14.6 Å². The van der Waals surface area contributed by atoms with Crippen LogP contribution in [0.1, 0.15) is 55.8 Å². The van der Waals surface area contributed by atoms with E-state index in [0.717, 1.165) is 13.1 Å². The Hall–Kier alpha value is -1.55. The molecule has 2 N–H and O–H groups in total. The molecule has 0 aliphatic carbocycles. The van der Waals surface area contributed by atoms with Crippen LogP contribution in [0.25, 0.3) is 0 Å². The van der Waals surface area contributed by atoms with Gasteiger partial charge in [-0.1, -0.05) is 51.2 Å². The standard InChI is InChI=1S/C17H27NO3/c1-2-3-4-5-6-9-12-18-13-14-21-16-11-8-7-10-15(16)17(19)20/h7-8,10-11,18H,2-6,9,12-14H2,1H3,(H,19,20). The van der Waals surface area contributed by atoms with Gasteiger partial charge in [0, 0.05) is 6.54 Å². The quantitative estimate of drug-likeness (QED) is 0.577. The summed E-state index contributed by atoms with van der Waals surface area (Å²) in [5.41, 5.74) is 0.216. The molecule has 1 aromatic rings. The molecule has 0 saturated carbocycles. The lowest BCUT2D eigenvalue weighted by atomic mass is 10.1. The van der Waals surface area contributed by atoms with Gasteiger partial charge in [-0.2, -0.15) is 0 Å². The maximum atomic E-state index is 11.0. The average Bonchev–Trinajstić information content (AvgIpc) is 2.49. The van der Waals surface area contributed by atoms with Gasteiger partial charge in [0.1, 0.15) is 17.9 Å². The summed E-state index contributed by atoms with van der Waals surface area (Å²) in [4.78, 5) is 11.0.